The molecule has 29 heavy (non-hydrogen) atoms. The highest BCUT2D eigenvalue weighted by Crippen LogP contribution is 2.29. The minimum Gasteiger partial charge on any atom is -0.318 e. The minimum atomic E-state index is -0.223. The average Bonchev–Trinajstić information content (AvgIpc) is 3.42. The van der Waals surface area contributed by atoms with E-state index in [1.807, 2.05) is 25.2 Å². The van der Waals surface area contributed by atoms with Gasteiger partial charge in [0.1, 0.15) is 6.07 Å². The van der Waals surface area contributed by atoms with Crippen LogP contribution in [0, 0.1) is 11.3 Å². The Hall–Kier alpha value is -2.99. The number of nitriles is 1. The van der Waals surface area contributed by atoms with Gasteiger partial charge in [-0.25, -0.2) is 4.98 Å². The van der Waals surface area contributed by atoms with Crippen LogP contribution in [0.4, 0.5) is 5.82 Å². The molecule has 1 aromatic carbocycles. The Kier molecular flexibility index (Phi) is 5.45. The number of anilines is 1. The predicted octanol–water partition coefficient (Wildman–Crippen LogP) is 3.22. The maximum Gasteiger partial charge on any atom is 0.269 e. The van der Waals surface area contributed by atoms with Crippen LogP contribution in [0.25, 0.3) is 11.2 Å². The van der Waals surface area contributed by atoms with E-state index >= 15 is 0 Å². The molecule has 0 spiro atoms. The van der Waals surface area contributed by atoms with Gasteiger partial charge in [0, 0.05) is 17.9 Å². The molecule has 0 saturated heterocycles. The van der Waals surface area contributed by atoms with Gasteiger partial charge < -0.3 is 4.57 Å². The lowest BCUT2D eigenvalue weighted by atomic mass is 10.1. The zero-order valence-electron chi connectivity index (χ0n) is 16.0. The number of benzene rings is 1. The van der Waals surface area contributed by atoms with Gasteiger partial charge in [0.2, 0.25) is 5.82 Å². The van der Waals surface area contributed by atoms with E-state index in [9.17, 15) is 10.1 Å². The summed E-state index contributed by atoms with van der Waals surface area (Å²) in [6.07, 6.45) is 5.67. The van der Waals surface area contributed by atoms with Crippen molar-refractivity contribution in [2.75, 3.05) is 5.01 Å². The smallest absolute Gasteiger partial charge is 0.269 e. The second kappa shape index (κ2) is 8.17. The van der Waals surface area contributed by atoms with Crippen LogP contribution in [0.5, 0.6) is 0 Å². The third-order valence-corrected chi connectivity index (χ3v) is 5.80. The van der Waals surface area contributed by atoms with E-state index in [2.05, 4.69) is 36.3 Å². The fraction of sp³-hybridized carbons (Fsp3) is 0.350. The number of carbonyl (C=O) groups excluding carboxylic acids is 1. The molecule has 1 fully saturated rings. The summed E-state index contributed by atoms with van der Waals surface area (Å²) >= 11 is 3.41. The number of alkyl halides is 1. The molecule has 0 atom stereocenters. The molecule has 0 radical (unpaired) electrons. The standard InChI is InChI=1S/C20H20BrN7O/c1-27-12-23-17-18(27)24-16(11-22)25-19(17)28(15-4-2-3-5-15)26-20(29)14-8-6-13(10-21)7-9-14/h6-9,12,15H,2-5,10H2,1H3,(H,26,29). The monoisotopic (exact) mass is 453 g/mol. The van der Waals surface area contributed by atoms with Crippen molar-refractivity contribution in [2.24, 2.45) is 7.05 Å². The van der Waals surface area contributed by atoms with Crippen molar-refractivity contribution in [3.8, 4) is 6.07 Å². The number of fused-ring (bicyclic) bond motifs is 1. The fourth-order valence-corrected chi connectivity index (χ4v) is 3.98. The number of nitrogens with zero attached hydrogens (tertiary/aromatic N) is 6. The molecule has 1 saturated carbocycles. The average molecular weight is 454 g/mol. The van der Waals surface area contributed by atoms with Gasteiger partial charge in [0.25, 0.3) is 5.91 Å². The highest BCUT2D eigenvalue weighted by Gasteiger charge is 2.29. The minimum absolute atomic E-state index is 0.0509. The third kappa shape index (κ3) is 3.80. The van der Waals surface area contributed by atoms with Crippen LogP contribution >= 0.6 is 15.9 Å². The second-order valence-corrected chi connectivity index (χ2v) is 7.65. The SMILES string of the molecule is Cn1cnc2c(N(NC(=O)c3ccc(CBr)cc3)C3CCCC3)nc(C#N)nc21. The molecule has 2 heterocycles. The van der Waals surface area contributed by atoms with Crippen LogP contribution in [-0.2, 0) is 12.4 Å². The topological polar surface area (TPSA) is 99.7 Å². The summed E-state index contributed by atoms with van der Waals surface area (Å²) in [5, 5.41) is 11.9. The van der Waals surface area contributed by atoms with Gasteiger partial charge in [-0.15, -0.1) is 0 Å². The molecule has 1 aliphatic carbocycles. The molecule has 148 valence electrons. The summed E-state index contributed by atoms with van der Waals surface area (Å²) in [5.74, 6) is 0.290. The van der Waals surface area contributed by atoms with Crippen LogP contribution in [0.3, 0.4) is 0 Å². The Morgan fingerprint density at radius 1 is 1.31 bits per heavy atom. The van der Waals surface area contributed by atoms with E-state index in [0.29, 0.717) is 22.5 Å². The van der Waals surface area contributed by atoms with E-state index in [-0.39, 0.29) is 17.8 Å². The van der Waals surface area contributed by atoms with E-state index in [1.165, 1.54) is 0 Å². The normalized spacial score (nSPS) is 14.1. The van der Waals surface area contributed by atoms with Crippen LogP contribution in [0.1, 0.15) is 47.4 Å². The van der Waals surface area contributed by atoms with Crippen LogP contribution < -0.4 is 10.4 Å². The van der Waals surface area contributed by atoms with Gasteiger partial charge in [-0.3, -0.25) is 15.2 Å². The second-order valence-electron chi connectivity index (χ2n) is 7.09. The zero-order valence-corrected chi connectivity index (χ0v) is 17.6. The summed E-state index contributed by atoms with van der Waals surface area (Å²) in [5.41, 5.74) is 5.80. The van der Waals surface area contributed by atoms with E-state index in [4.69, 9.17) is 0 Å². The highest BCUT2D eigenvalue weighted by molar-refractivity contribution is 9.08. The van der Waals surface area contributed by atoms with Crippen molar-refractivity contribution in [3.05, 3.63) is 47.5 Å². The molecule has 8 nitrogen and oxygen atoms in total. The lowest BCUT2D eigenvalue weighted by Gasteiger charge is -2.30. The number of hydrogen-bond acceptors (Lipinski definition) is 6. The fourth-order valence-electron chi connectivity index (χ4n) is 3.61. The van der Waals surface area contributed by atoms with Gasteiger partial charge in [-0.2, -0.15) is 15.2 Å². The summed E-state index contributed by atoms with van der Waals surface area (Å²) in [6, 6.07) is 9.54. The number of aromatic nitrogens is 4. The Morgan fingerprint density at radius 3 is 2.69 bits per heavy atom. The van der Waals surface area contributed by atoms with Gasteiger partial charge in [0.05, 0.1) is 12.4 Å². The zero-order chi connectivity index (χ0) is 20.4. The van der Waals surface area contributed by atoms with E-state index < -0.39 is 0 Å². The predicted molar refractivity (Wildman–Crippen MR) is 112 cm³/mol. The molecule has 1 aliphatic rings. The molecule has 2 aromatic heterocycles. The first-order valence-corrected chi connectivity index (χ1v) is 10.6. The molecular formula is C20H20BrN7O. The lowest BCUT2D eigenvalue weighted by Crippen LogP contribution is -2.48. The number of rotatable bonds is 5. The third-order valence-electron chi connectivity index (χ3n) is 5.15. The Morgan fingerprint density at radius 2 is 2.03 bits per heavy atom. The Bertz CT molecular complexity index is 1080. The number of halogens is 1. The largest absolute Gasteiger partial charge is 0.318 e. The molecule has 1 amide bonds. The molecule has 0 unspecified atom stereocenters. The van der Waals surface area contributed by atoms with Crippen molar-refractivity contribution in [2.45, 2.75) is 37.1 Å². The molecular weight excluding hydrogens is 434 g/mol. The van der Waals surface area contributed by atoms with Gasteiger partial charge >= 0.3 is 0 Å². The molecule has 4 rings (SSSR count). The first kappa shape index (κ1) is 19.3. The number of amides is 1. The Balaban J connectivity index is 1.74. The molecule has 0 aliphatic heterocycles. The van der Waals surface area contributed by atoms with Gasteiger partial charge in [0.15, 0.2) is 17.0 Å². The summed E-state index contributed by atoms with van der Waals surface area (Å²) in [7, 11) is 1.82. The quantitative estimate of drug-likeness (QED) is 0.470. The van der Waals surface area contributed by atoms with Crippen LogP contribution in [0.15, 0.2) is 30.6 Å². The van der Waals surface area contributed by atoms with Crippen molar-refractivity contribution in [1.82, 2.24) is 24.9 Å². The van der Waals surface area contributed by atoms with Crippen molar-refractivity contribution < 1.29 is 4.79 Å². The van der Waals surface area contributed by atoms with E-state index in [1.54, 1.807) is 28.0 Å². The number of hydrogen-bond donors (Lipinski definition) is 1. The maximum absolute atomic E-state index is 13.0. The Labute approximate surface area is 176 Å². The van der Waals surface area contributed by atoms with Crippen molar-refractivity contribution >= 4 is 38.8 Å². The molecule has 3 aromatic rings. The summed E-state index contributed by atoms with van der Waals surface area (Å²) < 4.78 is 1.75. The highest BCUT2D eigenvalue weighted by atomic mass is 79.9. The molecule has 9 heteroatoms. The van der Waals surface area contributed by atoms with Gasteiger partial charge in [-0.05, 0) is 30.5 Å². The van der Waals surface area contributed by atoms with Crippen molar-refractivity contribution in [1.29, 1.82) is 5.26 Å². The maximum atomic E-state index is 13.0. The van der Waals surface area contributed by atoms with E-state index in [0.717, 1.165) is 36.6 Å². The number of nitrogens with one attached hydrogen (secondary N) is 1. The van der Waals surface area contributed by atoms with Crippen LogP contribution in [0.2, 0.25) is 0 Å². The van der Waals surface area contributed by atoms with Gasteiger partial charge in [-0.1, -0.05) is 40.9 Å². The molecule has 1 N–H and O–H groups in total. The van der Waals surface area contributed by atoms with Crippen molar-refractivity contribution in [3.63, 3.8) is 0 Å². The molecule has 0 bridgehead atoms. The summed E-state index contributed by atoms with van der Waals surface area (Å²) in [6.45, 7) is 0. The first-order chi connectivity index (χ1) is 14.1. The first-order valence-electron chi connectivity index (χ1n) is 9.45. The lowest BCUT2D eigenvalue weighted by molar-refractivity contribution is 0.0944. The number of aryl methyl sites for hydroxylation is 1. The number of hydrazine groups is 1. The summed E-state index contributed by atoms with van der Waals surface area (Å²) in [4.78, 5) is 26.1. The number of carbonyl (C=O) groups is 1. The number of imidazole rings is 1. The van der Waals surface area contributed by atoms with Crippen LogP contribution in [-0.4, -0.2) is 31.5 Å².